The van der Waals surface area contributed by atoms with E-state index < -0.39 is 24.0 Å². The first-order valence-corrected chi connectivity index (χ1v) is 10.1. The summed E-state index contributed by atoms with van der Waals surface area (Å²) in [6.45, 7) is 3.57. The SMILES string of the molecule is CCNC(=O)NC(=O)[C@@H](C)OC(=O)CCCSc1nc2ccccc2s1. The third kappa shape index (κ3) is 6.30. The smallest absolute Gasteiger partial charge is 0.321 e. The van der Waals surface area contributed by atoms with Gasteiger partial charge in [0.15, 0.2) is 10.4 Å². The molecule has 1 heterocycles. The fraction of sp³-hybridized carbons (Fsp3) is 0.412. The van der Waals surface area contributed by atoms with Gasteiger partial charge in [-0.05, 0) is 32.4 Å². The van der Waals surface area contributed by atoms with Gasteiger partial charge in [0.2, 0.25) is 0 Å². The van der Waals surface area contributed by atoms with Crippen LogP contribution in [0, 0.1) is 0 Å². The molecule has 0 aliphatic heterocycles. The minimum Gasteiger partial charge on any atom is -0.453 e. The molecule has 2 aromatic rings. The summed E-state index contributed by atoms with van der Waals surface area (Å²) in [6.07, 6.45) is -0.192. The van der Waals surface area contributed by atoms with Gasteiger partial charge < -0.3 is 10.1 Å². The summed E-state index contributed by atoms with van der Waals surface area (Å²) in [5.74, 6) is -0.379. The number of ether oxygens (including phenoxy) is 1. The van der Waals surface area contributed by atoms with Crippen LogP contribution in [-0.4, -0.2) is 41.3 Å². The van der Waals surface area contributed by atoms with Crippen molar-refractivity contribution in [2.45, 2.75) is 37.1 Å². The second-order valence-electron chi connectivity index (χ2n) is 5.38. The van der Waals surface area contributed by atoms with Gasteiger partial charge in [-0.25, -0.2) is 9.78 Å². The van der Waals surface area contributed by atoms with E-state index in [0.29, 0.717) is 13.0 Å². The lowest BCUT2D eigenvalue weighted by molar-refractivity contribution is -0.154. The zero-order valence-electron chi connectivity index (χ0n) is 14.6. The normalized spacial score (nSPS) is 11.8. The Morgan fingerprint density at radius 3 is 2.81 bits per heavy atom. The highest BCUT2D eigenvalue weighted by Crippen LogP contribution is 2.29. The van der Waals surface area contributed by atoms with E-state index in [9.17, 15) is 14.4 Å². The molecule has 0 aliphatic rings. The number of benzene rings is 1. The lowest BCUT2D eigenvalue weighted by Gasteiger charge is -2.12. The van der Waals surface area contributed by atoms with Gasteiger partial charge in [-0.15, -0.1) is 11.3 Å². The molecule has 2 rings (SSSR count). The Balaban J connectivity index is 1.66. The van der Waals surface area contributed by atoms with Crippen LogP contribution in [0.25, 0.3) is 10.2 Å². The summed E-state index contributed by atoms with van der Waals surface area (Å²) in [5.41, 5.74) is 0.978. The van der Waals surface area contributed by atoms with Gasteiger partial charge in [-0.3, -0.25) is 14.9 Å². The monoisotopic (exact) mass is 395 g/mol. The molecule has 3 amide bonds. The van der Waals surface area contributed by atoms with Crippen LogP contribution < -0.4 is 10.6 Å². The number of thiazole rings is 1. The van der Waals surface area contributed by atoms with Gasteiger partial charge in [-0.2, -0.15) is 0 Å². The van der Waals surface area contributed by atoms with Crippen molar-refractivity contribution in [1.29, 1.82) is 0 Å². The number of hydrogen-bond donors (Lipinski definition) is 2. The Labute approximate surface area is 159 Å². The largest absolute Gasteiger partial charge is 0.453 e. The van der Waals surface area contributed by atoms with Crippen molar-refractivity contribution < 1.29 is 19.1 Å². The molecular formula is C17H21N3O4S2. The number of urea groups is 1. The van der Waals surface area contributed by atoms with E-state index in [1.807, 2.05) is 24.3 Å². The van der Waals surface area contributed by atoms with Crippen molar-refractivity contribution in [3.05, 3.63) is 24.3 Å². The number of nitrogens with zero attached hydrogens (tertiary/aromatic N) is 1. The van der Waals surface area contributed by atoms with Crippen LogP contribution in [0.5, 0.6) is 0 Å². The Morgan fingerprint density at radius 1 is 1.31 bits per heavy atom. The van der Waals surface area contributed by atoms with Crippen LogP contribution in [0.1, 0.15) is 26.7 Å². The van der Waals surface area contributed by atoms with E-state index in [4.69, 9.17) is 4.74 Å². The second kappa shape index (κ2) is 10.1. The van der Waals surface area contributed by atoms with Crippen LogP contribution >= 0.6 is 23.1 Å². The molecule has 1 atom stereocenters. The van der Waals surface area contributed by atoms with Crippen molar-refractivity contribution in [1.82, 2.24) is 15.6 Å². The maximum absolute atomic E-state index is 11.8. The average molecular weight is 396 g/mol. The molecule has 0 bridgehead atoms. The number of nitrogens with one attached hydrogen (secondary N) is 2. The molecule has 0 unspecified atom stereocenters. The van der Waals surface area contributed by atoms with E-state index in [0.717, 1.165) is 20.3 Å². The molecule has 1 aromatic heterocycles. The standard InChI is InChI=1S/C17H21N3O4S2/c1-3-18-16(23)20-15(22)11(2)24-14(21)9-6-10-25-17-19-12-7-4-5-8-13(12)26-17/h4-5,7-8,11H,3,6,9-10H2,1-2H3,(H2,18,20,22,23)/t11-/m1/s1. The molecule has 2 N–H and O–H groups in total. The first-order valence-electron chi connectivity index (χ1n) is 8.26. The molecule has 0 saturated heterocycles. The highest BCUT2D eigenvalue weighted by atomic mass is 32.2. The fourth-order valence-corrected chi connectivity index (χ4v) is 4.09. The molecule has 0 spiro atoms. The van der Waals surface area contributed by atoms with E-state index in [2.05, 4.69) is 15.6 Å². The predicted octanol–water partition coefficient (Wildman–Crippen LogP) is 2.95. The molecule has 1 aromatic carbocycles. The summed E-state index contributed by atoms with van der Waals surface area (Å²) >= 11 is 3.22. The Bertz CT molecular complexity index is 745. The van der Waals surface area contributed by atoms with Crippen LogP contribution in [0.4, 0.5) is 4.79 Å². The number of aromatic nitrogens is 1. The van der Waals surface area contributed by atoms with Crippen molar-refractivity contribution in [3.8, 4) is 0 Å². The highest BCUT2D eigenvalue weighted by molar-refractivity contribution is 8.01. The van der Waals surface area contributed by atoms with E-state index in [-0.39, 0.29) is 6.42 Å². The molecular weight excluding hydrogens is 374 g/mol. The summed E-state index contributed by atoms with van der Waals surface area (Å²) < 4.78 is 7.15. The van der Waals surface area contributed by atoms with Crippen molar-refractivity contribution in [3.63, 3.8) is 0 Å². The van der Waals surface area contributed by atoms with Gasteiger partial charge in [0.1, 0.15) is 0 Å². The molecule has 140 valence electrons. The zero-order valence-corrected chi connectivity index (χ0v) is 16.2. The number of esters is 1. The predicted molar refractivity (Wildman–Crippen MR) is 102 cm³/mol. The van der Waals surface area contributed by atoms with Crippen molar-refractivity contribution >= 4 is 51.2 Å². The quantitative estimate of drug-likeness (QED) is 0.405. The minimum absolute atomic E-state index is 0.205. The van der Waals surface area contributed by atoms with Gasteiger partial charge in [0.05, 0.1) is 10.2 Å². The van der Waals surface area contributed by atoms with Gasteiger partial charge in [0, 0.05) is 18.7 Å². The number of carbonyl (C=O) groups excluding carboxylic acids is 3. The summed E-state index contributed by atoms with van der Waals surface area (Å²) in [6, 6.07) is 7.33. The molecule has 26 heavy (non-hydrogen) atoms. The lowest BCUT2D eigenvalue weighted by atomic mass is 10.3. The lowest BCUT2D eigenvalue weighted by Crippen LogP contribution is -2.44. The molecule has 9 heteroatoms. The van der Waals surface area contributed by atoms with Gasteiger partial charge in [-0.1, -0.05) is 23.9 Å². The molecule has 0 aliphatic carbocycles. The Kier molecular flexibility index (Phi) is 7.86. The van der Waals surface area contributed by atoms with Crippen molar-refractivity contribution in [2.75, 3.05) is 12.3 Å². The van der Waals surface area contributed by atoms with E-state index in [1.54, 1.807) is 30.0 Å². The topological polar surface area (TPSA) is 97.4 Å². The minimum atomic E-state index is -1.01. The van der Waals surface area contributed by atoms with Gasteiger partial charge in [0.25, 0.3) is 5.91 Å². The second-order valence-corrected chi connectivity index (χ2v) is 7.75. The summed E-state index contributed by atoms with van der Waals surface area (Å²) in [4.78, 5) is 39.3. The number of hydrogen-bond acceptors (Lipinski definition) is 7. The third-order valence-electron chi connectivity index (χ3n) is 3.28. The Hall–Kier alpha value is -2.13. The number of amides is 3. The van der Waals surface area contributed by atoms with Crippen LogP contribution in [0.3, 0.4) is 0 Å². The van der Waals surface area contributed by atoms with Crippen LogP contribution in [0.15, 0.2) is 28.6 Å². The zero-order chi connectivity index (χ0) is 18.9. The Morgan fingerprint density at radius 2 is 2.08 bits per heavy atom. The molecule has 7 nitrogen and oxygen atoms in total. The first-order chi connectivity index (χ1) is 12.5. The maximum atomic E-state index is 11.8. The number of para-hydroxylation sites is 1. The molecule has 0 fully saturated rings. The maximum Gasteiger partial charge on any atom is 0.321 e. The fourth-order valence-electron chi connectivity index (χ4n) is 2.02. The van der Waals surface area contributed by atoms with Gasteiger partial charge >= 0.3 is 12.0 Å². The van der Waals surface area contributed by atoms with Crippen molar-refractivity contribution in [2.24, 2.45) is 0 Å². The first kappa shape index (κ1) is 20.2. The van der Waals surface area contributed by atoms with E-state index in [1.165, 1.54) is 6.92 Å². The van der Waals surface area contributed by atoms with E-state index >= 15 is 0 Å². The number of fused-ring (bicyclic) bond motifs is 1. The number of imide groups is 1. The van der Waals surface area contributed by atoms with Crippen LogP contribution in [0.2, 0.25) is 0 Å². The number of thioether (sulfide) groups is 1. The molecule has 0 radical (unpaired) electrons. The number of carbonyl (C=O) groups is 3. The third-order valence-corrected chi connectivity index (χ3v) is 5.54. The summed E-state index contributed by atoms with van der Waals surface area (Å²) in [7, 11) is 0. The summed E-state index contributed by atoms with van der Waals surface area (Å²) in [5, 5.41) is 4.54. The number of rotatable bonds is 8. The van der Waals surface area contributed by atoms with Crippen LogP contribution in [-0.2, 0) is 14.3 Å². The average Bonchev–Trinajstić information content (AvgIpc) is 3.01. The highest BCUT2D eigenvalue weighted by Gasteiger charge is 2.19. The molecule has 0 saturated carbocycles.